The first-order valence-corrected chi connectivity index (χ1v) is 4.48. The Balaban J connectivity index is 2.65. The summed E-state index contributed by atoms with van der Waals surface area (Å²) in [5, 5.41) is 10.0. The molecule has 1 amide bonds. The molecule has 0 aromatic heterocycles. The van der Waals surface area contributed by atoms with Crippen molar-refractivity contribution in [3.05, 3.63) is 0 Å². The van der Waals surface area contributed by atoms with Crippen LogP contribution < -0.4 is 0 Å². The van der Waals surface area contributed by atoms with Crippen molar-refractivity contribution in [1.82, 2.24) is 4.31 Å². The zero-order chi connectivity index (χ0) is 7.56. The zero-order valence-corrected chi connectivity index (χ0v) is 7.18. The van der Waals surface area contributed by atoms with E-state index in [4.69, 9.17) is 17.5 Å². The SMILES string of the molecule is N#CSN1C(=O)CSC1=S. The van der Waals surface area contributed by atoms with E-state index in [1.165, 1.54) is 16.1 Å². The number of thiocarbonyl (C=S) groups is 1. The summed E-state index contributed by atoms with van der Waals surface area (Å²) in [5.74, 6) is 0.273. The molecule has 0 unspecified atom stereocenters. The zero-order valence-electron chi connectivity index (χ0n) is 4.73. The minimum Gasteiger partial charge on any atom is -0.273 e. The lowest BCUT2D eigenvalue weighted by atomic mass is 10.7. The Hall–Kier alpha value is -0.250. The Morgan fingerprint density at radius 3 is 3.00 bits per heavy atom. The Bertz CT molecular complexity index is 205. The smallest absolute Gasteiger partial charge is 0.249 e. The van der Waals surface area contributed by atoms with Gasteiger partial charge in [0.05, 0.1) is 17.7 Å². The highest BCUT2D eigenvalue weighted by atomic mass is 32.2. The lowest BCUT2D eigenvalue weighted by molar-refractivity contribution is -0.120. The molecule has 1 aliphatic rings. The Morgan fingerprint density at radius 1 is 1.90 bits per heavy atom. The molecule has 1 fully saturated rings. The highest BCUT2D eigenvalue weighted by Crippen LogP contribution is 2.25. The van der Waals surface area contributed by atoms with Gasteiger partial charge in [-0.05, 0) is 0 Å². The standard InChI is InChI=1S/C4H2N2OS3/c5-2-10-6-3(7)1-9-4(6)8/h1H2. The van der Waals surface area contributed by atoms with E-state index in [9.17, 15) is 4.79 Å². The molecule has 0 bridgehead atoms. The second-order valence-electron chi connectivity index (χ2n) is 1.43. The van der Waals surface area contributed by atoms with Crippen molar-refractivity contribution in [2.45, 2.75) is 0 Å². The lowest BCUT2D eigenvalue weighted by Crippen LogP contribution is -2.19. The van der Waals surface area contributed by atoms with Crippen molar-refractivity contribution < 1.29 is 4.79 Å². The van der Waals surface area contributed by atoms with Crippen LogP contribution in [0.1, 0.15) is 0 Å². The summed E-state index contributed by atoms with van der Waals surface area (Å²) in [6, 6.07) is 0. The summed E-state index contributed by atoms with van der Waals surface area (Å²) in [4.78, 5) is 10.8. The third kappa shape index (κ3) is 1.42. The number of amides is 1. The highest BCUT2D eigenvalue weighted by Gasteiger charge is 2.27. The summed E-state index contributed by atoms with van der Waals surface area (Å²) in [6.45, 7) is 0. The van der Waals surface area contributed by atoms with Crippen molar-refractivity contribution >= 4 is 46.2 Å². The van der Waals surface area contributed by atoms with Crippen LogP contribution in [0.5, 0.6) is 0 Å². The molecule has 0 spiro atoms. The molecule has 0 radical (unpaired) electrons. The van der Waals surface area contributed by atoms with Gasteiger partial charge >= 0.3 is 0 Å². The minimum atomic E-state index is -0.0958. The number of hydrogen-bond acceptors (Lipinski definition) is 5. The third-order valence-corrected chi connectivity index (χ3v) is 3.08. The van der Waals surface area contributed by atoms with E-state index in [2.05, 4.69) is 0 Å². The molecule has 0 aliphatic carbocycles. The van der Waals surface area contributed by atoms with E-state index in [1.54, 1.807) is 5.40 Å². The quantitative estimate of drug-likeness (QED) is 0.350. The first kappa shape index (κ1) is 7.85. The van der Waals surface area contributed by atoms with Crippen molar-refractivity contribution in [3.8, 4) is 5.40 Å². The minimum absolute atomic E-state index is 0.0958. The summed E-state index contributed by atoms with van der Waals surface area (Å²) in [7, 11) is 0. The molecule has 1 saturated heterocycles. The maximum atomic E-state index is 10.8. The average molecular weight is 190 g/mol. The second-order valence-corrected chi connectivity index (χ2v) is 3.76. The highest BCUT2D eigenvalue weighted by molar-refractivity contribution is 8.25. The number of hydrogen-bond donors (Lipinski definition) is 0. The van der Waals surface area contributed by atoms with E-state index >= 15 is 0 Å². The molecule has 0 atom stereocenters. The van der Waals surface area contributed by atoms with Crippen LogP contribution in [0.4, 0.5) is 0 Å². The van der Waals surface area contributed by atoms with Gasteiger partial charge in [0.15, 0.2) is 9.72 Å². The number of carbonyl (C=O) groups is 1. The largest absolute Gasteiger partial charge is 0.273 e. The van der Waals surface area contributed by atoms with Crippen LogP contribution >= 0.6 is 35.9 Å². The predicted molar refractivity (Wildman–Crippen MR) is 45.1 cm³/mol. The Kier molecular flexibility index (Phi) is 2.54. The molecule has 0 N–H and O–H groups in total. The molecule has 52 valence electrons. The van der Waals surface area contributed by atoms with Crippen molar-refractivity contribution in [2.24, 2.45) is 0 Å². The molecule has 3 nitrogen and oxygen atoms in total. The normalized spacial score (nSPS) is 17.7. The van der Waals surface area contributed by atoms with Gasteiger partial charge in [0.1, 0.15) is 0 Å². The van der Waals surface area contributed by atoms with Gasteiger partial charge in [-0.15, -0.1) is 0 Å². The van der Waals surface area contributed by atoms with Gasteiger partial charge in [-0.3, -0.25) is 4.79 Å². The molecular formula is C4H2N2OS3. The first-order chi connectivity index (χ1) is 4.75. The van der Waals surface area contributed by atoms with Crippen LogP contribution in [-0.4, -0.2) is 20.3 Å². The van der Waals surface area contributed by atoms with Crippen LogP contribution in [0.15, 0.2) is 0 Å². The molecule has 1 heterocycles. The van der Waals surface area contributed by atoms with E-state index in [1.807, 2.05) is 0 Å². The molecule has 1 rings (SSSR count). The van der Waals surface area contributed by atoms with Crippen LogP contribution in [-0.2, 0) is 4.79 Å². The van der Waals surface area contributed by atoms with Crippen LogP contribution in [0.3, 0.4) is 0 Å². The van der Waals surface area contributed by atoms with Crippen molar-refractivity contribution in [2.75, 3.05) is 5.75 Å². The van der Waals surface area contributed by atoms with Gasteiger partial charge in [0.25, 0.3) is 0 Å². The number of nitriles is 1. The molecule has 1 aliphatic heterocycles. The molecule has 10 heavy (non-hydrogen) atoms. The summed E-state index contributed by atoms with van der Waals surface area (Å²) < 4.78 is 1.72. The summed E-state index contributed by atoms with van der Waals surface area (Å²) in [6.07, 6.45) is 0. The van der Waals surface area contributed by atoms with Crippen molar-refractivity contribution in [1.29, 1.82) is 5.26 Å². The first-order valence-electron chi connectivity index (χ1n) is 2.31. The van der Waals surface area contributed by atoms with Gasteiger partial charge in [-0.1, -0.05) is 24.0 Å². The maximum Gasteiger partial charge on any atom is 0.249 e. The number of thiocyanates is 1. The van der Waals surface area contributed by atoms with Gasteiger partial charge < -0.3 is 0 Å². The third-order valence-electron chi connectivity index (χ3n) is 0.844. The fourth-order valence-corrected chi connectivity index (χ4v) is 2.13. The van der Waals surface area contributed by atoms with Crippen LogP contribution in [0.2, 0.25) is 0 Å². The van der Waals surface area contributed by atoms with E-state index < -0.39 is 0 Å². The fraction of sp³-hybridized carbons (Fsp3) is 0.250. The maximum absolute atomic E-state index is 10.8. The monoisotopic (exact) mass is 190 g/mol. The molecule has 0 aromatic carbocycles. The van der Waals surface area contributed by atoms with Crippen LogP contribution in [0.25, 0.3) is 0 Å². The molecule has 0 saturated carbocycles. The predicted octanol–water partition coefficient (Wildman–Crippen LogP) is 0.976. The van der Waals surface area contributed by atoms with E-state index in [0.717, 1.165) is 11.9 Å². The summed E-state index contributed by atoms with van der Waals surface area (Å²) >= 11 is 6.85. The van der Waals surface area contributed by atoms with Crippen molar-refractivity contribution in [3.63, 3.8) is 0 Å². The molecule has 0 aromatic rings. The second kappa shape index (κ2) is 3.23. The molecule has 6 heteroatoms. The molecular weight excluding hydrogens is 188 g/mol. The number of rotatable bonds is 1. The van der Waals surface area contributed by atoms with Gasteiger partial charge in [-0.25, -0.2) is 4.31 Å². The van der Waals surface area contributed by atoms with Gasteiger partial charge in [-0.2, -0.15) is 5.26 Å². The van der Waals surface area contributed by atoms with Gasteiger partial charge in [0, 0.05) is 0 Å². The Labute approximate surface area is 71.9 Å². The van der Waals surface area contributed by atoms with E-state index in [0.29, 0.717) is 10.1 Å². The topological polar surface area (TPSA) is 44.1 Å². The Morgan fingerprint density at radius 2 is 2.60 bits per heavy atom. The van der Waals surface area contributed by atoms with Crippen LogP contribution in [0, 0.1) is 10.7 Å². The number of carbonyl (C=O) groups excluding carboxylic acids is 1. The summed E-state index contributed by atoms with van der Waals surface area (Å²) in [5.41, 5.74) is 0. The fourth-order valence-electron chi connectivity index (χ4n) is 0.472. The van der Waals surface area contributed by atoms with Gasteiger partial charge in [0.2, 0.25) is 5.91 Å². The number of thioether (sulfide) groups is 1. The number of nitrogens with zero attached hydrogens (tertiary/aromatic N) is 2. The average Bonchev–Trinajstić information content (AvgIpc) is 2.20. The lowest BCUT2D eigenvalue weighted by Gasteiger charge is -2.05. The van der Waals surface area contributed by atoms with E-state index in [-0.39, 0.29) is 5.91 Å².